The second kappa shape index (κ2) is 13.1. The Balaban J connectivity index is 1.36. The Morgan fingerprint density at radius 1 is 1.02 bits per heavy atom. The number of hydrogen-bond donors (Lipinski definition) is 4. The standard InChI is InChI=1S/C32H32Cl3N9/c1-3-43-10-8-24(9-11-43)44-18-28(41-42-44)31(20-5-7-29(35)37-16-20)40-23-12-25-30(39-22-6-4-19(2)26(33)13-22)21(15-36)17-38-32(25)27(34)14-23/h4-7,12-14,16-18,24,31,40-42H,3,8-11H2,1-2H3,(H,38,39)/t31-/m0/s1. The van der Waals surface area contributed by atoms with Crippen molar-refractivity contribution in [3.8, 4) is 6.07 Å². The molecule has 0 aliphatic carbocycles. The van der Waals surface area contributed by atoms with Crippen LogP contribution in [0.3, 0.4) is 0 Å². The summed E-state index contributed by atoms with van der Waals surface area (Å²) < 4.78 is 0. The fourth-order valence-electron chi connectivity index (χ4n) is 5.64. The number of hydrazine groups is 2. The molecule has 4 aromatic rings. The molecule has 226 valence electrons. The van der Waals surface area contributed by atoms with Gasteiger partial charge in [0.15, 0.2) is 0 Å². The molecule has 0 unspecified atom stereocenters. The third-order valence-corrected chi connectivity index (χ3v) is 9.12. The Bertz CT molecular complexity index is 1750. The molecule has 1 fully saturated rings. The lowest BCUT2D eigenvalue weighted by molar-refractivity contribution is 0.112. The molecule has 2 aromatic heterocycles. The first-order chi connectivity index (χ1) is 21.3. The number of fused-ring (bicyclic) bond motifs is 1. The van der Waals surface area contributed by atoms with Crippen LogP contribution >= 0.6 is 34.8 Å². The minimum absolute atomic E-state index is 0.319. The molecule has 0 amide bonds. The summed E-state index contributed by atoms with van der Waals surface area (Å²) in [7, 11) is 0. The number of likely N-dealkylation sites (tertiary alicyclic amines) is 1. The maximum absolute atomic E-state index is 9.96. The molecule has 0 radical (unpaired) electrons. The number of benzene rings is 2. The topological polar surface area (TPSA) is 104 Å². The van der Waals surface area contributed by atoms with Crippen LogP contribution < -0.4 is 21.6 Å². The smallest absolute Gasteiger partial charge is 0.129 e. The average Bonchev–Trinajstić information content (AvgIpc) is 3.52. The number of halogens is 3. The van der Waals surface area contributed by atoms with Crippen molar-refractivity contribution in [2.24, 2.45) is 0 Å². The molecular formula is C32H32Cl3N9. The van der Waals surface area contributed by atoms with Crippen LogP contribution in [-0.4, -0.2) is 45.6 Å². The molecule has 0 bridgehead atoms. The highest BCUT2D eigenvalue weighted by Crippen LogP contribution is 2.37. The summed E-state index contributed by atoms with van der Waals surface area (Å²) in [6.45, 7) is 7.37. The first-order valence-electron chi connectivity index (χ1n) is 14.5. The Morgan fingerprint density at radius 2 is 1.82 bits per heavy atom. The molecule has 12 heteroatoms. The third-order valence-electron chi connectivity index (χ3n) is 8.20. The molecule has 2 aliphatic heterocycles. The first-order valence-corrected chi connectivity index (χ1v) is 15.6. The monoisotopic (exact) mass is 647 g/mol. The van der Waals surface area contributed by atoms with Crippen LogP contribution in [0.5, 0.6) is 0 Å². The fraction of sp³-hybridized carbons (Fsp3) is 0.281. The highest BCUT2D eigenvalue weighted by Gasteiger charge is 2.29. The SMILES string of the molecule is CCN1CCC(N2C=C([C@@H](Nc3cc(Cl)c4ncc(C#N)c(Nc5ccc(C)c(Cl)c5)c4c3)c3ccc(Cl)nc3)NN2)CC1. The summed E-state index contributed by atoms with van der Waals surface area (Å²) in [5, 5.41) is 21.3. The highest BCUT2D eigenvalue weighted by molar-refractivity contribution is 6.36. The van der Waals surface area contributed by atoms with Crippen LogP contribution in [0.25, 0.3) is 10.9 Å². The van der Waals surface area contributed by atoms with E-state index >= 15 is 0 Å². The summed E-state index contributed by atoms with van der Waals surface area (Å²) >= 11 is 19.4. The largest absolute Gasteiger partial charge is 0.373 e. The van der Waals surface area contributed by atoms with Crippen LogP contribution in [0.4, 0.5) is 17.1 Å². The second-order valence-electron chi connectivity index (χ2n) is 11.0. The Hall–Kier alpha value is -3.78. The summed E-state index contributed by atoms with van der Waals surface area (Å²) in [6.07, 6.45) is 7.55. The molecule has 2 aliphatic rings. The molecule has 0 saturated carbocycles. The van der Waals surface area contributed by atoms with Gasteiger partial charge in [0.1, 0.15) is 11.2 Å². The highest BCUT2D eigenvalue weighted by atomic mass is 35.5. The van der Waals surface area contributed by atoms with Crippen LogP contribution in [-0.2, 0) is 0 Å². The number of hydrogen-bond acceptors (Lipinski definition) is 9. The summed E-state index contributed by atoms with van der Waals surface area (Å²) in [5.41, 5.74) is 12.6. The minimum Gasteiger partial charge on any atom is -0.373 e. The number of nitriles is 1. The Morgan fingerprint density at radius 3 is 2.52 bits per heavy atom. The predicted octanol–water partition coefficient (Wildman–Crippen LogP) is 7.32. The van der Waals surface area contributed by atoms with E-state index in [4.69, 9.17) is 34.8 Å². The van der Waals surface area contributed by atoms with Gasteiger partial charge in [0.2, 0.25) is 0 Å². The van der Waals surface area contributed by atoms with E-state index in [2.05, 4.69) is 60.7 Å². The molecule has 1 atom stereocenters. The average molecular weight is 649 g/mol. The van der Waals surface area contributed by atoms with E-state index in [0.717, 1.165) is 60.7 Å². The lowest BCUT2D eigenvalue weighted by Crippen LogP contribution is -2.48. The number of nitrogens with one attached hydrogen (secondary N) is 4. The number of pyridine rings is 2. The van der Waals surface area contributed by atoms with Gasteiger partial charge in [0.25, 0.3) is 0 Å². The fourth-order valence-corrected chi connectivity index (χ4v) is 6.20. The molecule has 4 N–H and O–H groups in total. The van der Waals surface area contributed by atoms with Crippen molar-refractivity contribution < 1.29 is 0 Å². The van der Waals surface area contributed by atoms with Crippen molar-refractivity contribution in [2.45, 2.75) is 38.8 Å². The molecule has 44 heavy (non-hydrogen) atoms. The van der Waals surface area contributed by atoms with Crippen LogP contribution in [0.2, 0.25) is 15.2 Å². The van der Waals surface area contributed by atoms with Gasteiger partial charge in [-0.05, 0) is 67.8 Å². The number of nitrogens with zero attached hydrogens (tertiary/aromatic N) is 5. The summed E-state index contributed by atoms with van der Waals surface area (Å²) in [6, 6.07) is 15.5. The van der Waals surface area contributed by atoms with Gasteiger partial charge in [-0.2, -0.15) is 5.26 Å². The van der Waals surface area contributed by atoms with Gasteiger partial charge < -0.3 is 21.0 Å². The van der Waals surface area contributed by atoms with E-state index < -0.39 is 0 Å². The lowest BCUT2D eigenvalue weighted by Gasteiger charge is -2.35. The predicted molar refractivity (Wildman–Crippen MR) is 178 cm³/mol. The normalized spacial score (nSPS) is 16.4. The number of aryl methyl sites for hydroxylation is 1. The van der Waals surface area contributed by atoms with Gasteiger partial charge in [0, 0.05) is 59.5 Å². The van der Waals surface area contributed by atoms with Crippen LogP contribution in [0, 0.1) is 18.3 Å². The van der Waals surface area contributed by atoms with Crippen molar-refractivity contribution in [3.63, 3.8) is 0 Å². The van der Waals surface area contributed by atoms with Gasteiger partial charge in [-0.25, -0.2) is 4.98 Å². The number of rotatable bonds is 8. The molecule has 2 aromatic carbocycles. The van der Waals surface area contributed by atoms with Crippen LogP contribution in [0.1, 0.15) is 42.5 Å². The maximum atomic E-state index is 9.96. The van der Waals surface area contributed by atoms with Gasteiger partial charge >= 0.3 is 0 Å². The second-order valence-corrected chi connectivity index (χ2v) is 12.2. The van der Waals surface area contributed by atoms with Gasteiger partial charge in [0.05, 0.1) is 33.5 Å². The molecule has 1 saturated heterocycles. The Kier molecular flexibility index (Phi) is 8.98. The van der Waals surface area contributed by atoms with Crippen molar-refractivity contribution in [1.29, 1.82) is 5.26 Å². The molecule has 4 heterocycles. The maximum Gasteiger partial charge on any atom is 0.129 e. The van der Waals surface area contributed by atoms with E-state index in [1.807, 2.05) is 43.3 Å². The summed E-state index contributed by atoms with van der Waals surface area (Å²) in [5.74, 6) is 0. The van der Waals surface area contributed by atoms with Crippen molar-refractivity contribution >= 4 is 62.8 Å². The van der Waals surface area contributed by atoms with E-state index in [9.17, 15) is 5.26 Å². The molecule has 9 nitrogen and oxygen atoms in total. The summed E-state index contributed by atoms with van der Waals surface area (Å²) in [4.78, 5) is 11.3. The quantitative estimate of drug-likeness (QED) is 0.146. The van der Waals surface area contributed by atoms with E-state index in [1.54, 1.807) is 12.3 Å². The zero-order chi connectivity index (χ0) is 30.8. The lowest BCUT2D eigenvalue weighted by atomic mass is 10.0. The van der Waals surface area contributed by atoms with Crippen LogP contribution in [0.15, 0.2) is 66.8 Å². The zero-order valence-electron chi connectivity index (χ0n) is 24.3. The molecule has 6 rings (SSSR count). The van der Waals surface area contributed by atoms with E-state index in [-0.39, 0.29) is 6.04 Å². The van der Waals surface area contributed by atoms with Gasteiger partial charge in [-0.15, -0.1) is 5.53 Å². The zero-order valence-corrected chi connectivity index (χ0v) is 26.6. The molecule has 0 spiro atoms. The number of piperidine rings is 1. The van der Waals surface area contributed by atoms with Crippen molar-refractivity contribution in [2.75, 3.05) is 30.3 Å². The minimum atomic E-state index is -0.319. The molecular weight excluding hydrogens is 617 g/mol. The van der Waals surface area contributed by atoms with E-state index in [1.165, 1.54) is 6.20 Å². The van der Waals surface area contributed by atoms with E-state index in [0.29, 0.717) is 43.4 Å². The third kappa shape index (κ3) is 6.36. The number of anilines is 3. The Labute approximate surface area is 271 Å². The van der Waals surface area contributed by atoms with Crippen molar-refractivity contribution in [3.05, 3.63) is 98.6 Å². The van der Waals surface area contributed by atoms with Crippen molar-refractivity contribution in [1.82, 2.24) is 30.8 Å². The first kappa shape index (κ1) is 30.3. The van der Waals surface area contributed by atoms with Gasteiger partial charge in [-0.3, -0.25) is 9.99 Å². The van der Waals surface area contributed by atoms with Gasteiger partial charge in [-0.1, -0.05) is 53.9 Å². The number of aromatic nitrogens is 2.